The molecule has 6 heteroatoms. The normalized spacial score (nSPS) is 11.4. The Morgan fingerprint density at radius 1 is 1.12 bits per heavy atom. The van der Waals surface area contributed by atoms with E-state index < -0.39 is 0 Å². The molecule has 3 N–H and O–H groups in total. The first-order valence-electron chi connectivity index (χ1n) is 8.39. The lowest BCUT2D eigenvalue weighted by atomic mass is 10.1. The Morgan fingerprint density at radius 3 is 2.64 bits per heavy atom. The van der Waals surface area contributed by atoms with Crippen molar-refractivity contribution < 1.29 is 0 Å². The first kappa shape index (κ1) is 19.4. The van der Waals surface area contributed by atoms with Crippen LogP contribution < -0.4 is 10.6 Å². The second-order valence-electron chi connectivity index (χ2n) is 5.91. The van der Waals surface area contributed by atoms with Gasteiger partial charge in [0.1, 0.15) is 0 Å². The molecule has 0 aliphatic carbocycles. The smallest absolute Gasteiger partial charge is 0.191 e. The summed E-state index contributed by atoms with van der Waals surface area (Å²) in [5.74, 6) is 0.846. The molecule has 134 valence electrons. The number of aryl methyl sites for hydroxylation is 1. The number of guanidine groups is 1. The van der Waals surface area contributed by atoms with Gasteiger partial charge in [0.2, 0.25) is 0 Å². The van der Waals surface area contributed by atoms with E-state index in [2.05, 4.69) is 68.9 Å². The van der Waals surface area contributed by atoms with Gasteiger partial charge in [0.05, 0.1) is 0 Å². The fourth-order valence-corrected chi connectivity index (χ4v) is 3.01. The maximum Gasteiger partial charge on any atom is 0.191 e. The van der Waals surface area contributed by atoms with E-state index in [4.69, 9.17) is 0 Å². The second kappa shape index (κ2) is 9.50. The van der Waals surface area contributed by atoms with E-state index in [9.17, 15) is 0 Å². The summed E-state index contributed by atoms with van der Waals surface area (Å²) in [6.45, 7) is 4.79. The molecule has 5 nitrogen and oxygen atoms in total. The molecular weight excluding hydrogens is 425 g/mol. The third-order valence-corrected chi connectivity index (χ3v) is 4.23. The number of H-pyrrole nitrogens is 1. The second-order valence-corrected chi connectivity index (χ2v) is 5.91. The zero-order valence-electron chi connectivity index (χ0n) is 14.7. The Kier molecular flexibility index (Phi) is 7.36. The fourth-order valence-electron chi connectivity index (χ4n) is 3.01. The summed E-state index contributed by atoms with van der Waals surface area (Å²) in [5.41, 5.74) is 3.87. The van der Waals surface area contributed by atoms with Gasteiger partial charge in [-0.1, -0.05) is 12.1 Å². The number of nitrogens with zero attached hydrogens (tertiary/aromatic N) is 2. The molecule has 0 spiro atoms. The van der Waals surface area contributed by atoms with Crippen molar-refractivity contribution in [3.05, 3.63) is 60.0 Å². The molecule has 0 unspecified atom stereocenters. The maximum atomic E-state index is 4.28. The first-order chi connectivity index (χ1) is 11.8. The molecule has 3 aromatic rings. The summed E-state index contributed by atoms with van der Waals surface area (Å²) in [4.78, 5) is 7.64. The molecule has 0 saturated heterocycles. The van der Waals surface area contributed by atoms with Crippen molar-refractivity contribution in [1.29, 1.82) is 0 Å². The average molecular weight is 451 g/mol. The van der Waals surface area contributed by atoms with E-state index in [1.807, 2.05) is 12.1 Å². The van der Waals surface area contributed by atoms with Gasteiger partial charge in [-0.3, -0.25) is 4.99 Å². The van der Waals surface area contributed by atoms with Gasteiger partial charge in [-0.05, 0) is 42.7 Å². The Bertz CT molecular complexity index is 804. The molecule has 0 aliphatic rings. The van der Waals surface area contributed by atoms with Crippen molar-refractivity contribution in [2.75, 3.05) is 20.1 Å². The molecule has 3 rings (SSSR count). The summed E-state index contributed by atoms with van der Waals surface area (Å²) in [5, 5.41) is 8.08. The van der Waals surface area contributed by atoms with Crippen molar-refractivity contribution in [2.45, 2.75) is 19.9 Å². The van der Waals surface area contributed by atoms with Crippen LogP contribution in [0.5, 0.6) is 0 Å². The van der Waals surface area contributed by atoms with Crippen LogP contribution >= 0.6 is 24.0 Å². The van der Waals surface area contributed by atoms with Crippen LogP contribution in [-0.4, -0.2) is 35.6 Å². The largest absolute Gasteiger partial charge is 0.361 e. The fraction of sp³-hybridized carbons (Fsp3) is 0.316. The molecule has 2 aromatic heterocycles. The lowest BCUT2D eigenvalue weighted by Gasteiger charge is -2.12. The lowest BCUT2D eigenvalue weighted by Crippen LogP contribution is -2.39. The highest BCUT2D eigenvalue weighted by atomic mass is 127. The number of fused-ring (bicyclic) bond motifs is 1. The summed E-state index contributed by atoms with van der Waals surface area (Å²) < 4.78 is 2.15. The molecule has 1 aromatic carbocycles. The predicted octanol–water partition coefficient (Wildman–Crippen LogP) is 3.30. The highest BCUT2D eigenvalue weighted by Crippen LogP contribution is 2.22. The molecule has 2 heterocycles. The van der Waals surface area contributed by atoms with Crippen molar-refractivity contribution >= 4 is 40.8 Å². The van der Waals surface area contributed by atoms with Gasteiger partial charge in [0.15, 0.2) is 5.96 Å². The Balaban J connectivity index is 0.00000225. The van der Waals surface area contributed by atoms with Gasteiger partial charge in [-0.2, -0.15) is 0 Å². The van der Waals surface area contributed by atoms with Crippen LogP contribution in [0.25, 0.3) is 10.9 Å². The predicted molar refractivity (Wildman–Crippen MR) is 116 cm³/mol. The van der Waals surface area contributed by atoms with E-state index in [1.54, 1.807) is 7.05 Å². The zero-order valence-corrected chi connectivity index (χ0v) is 17.1. The van der Waals surface area contributed by atoms with Gasteiger partial charge >= 0.3 is 0 Å². The van der Waals surface area contributed by atoms with E-state index in [-0.39, 0.29) is 24.0 Å². The summed E-state index contributed by atoms with van der Waals surface area (Å²) in [6.07, 6.45) is 7.21. The summed E-state index contributed by atoms with van der Waals surface area (Å²) in [6, 6.07) is 10.5. The van der Waals surface area contributed by atoms with Crippen LogP contribution in [0.15, 0.2) is 53.9 Å². The number of aromatic amines is 1. The van der Waals surface area contributed by atoms with Gasteiger partial charge in [-0.25, -0.2) is 0 Å². The zero-order chi connectivity index (χ0) is 16.8. The van der Waals surface area contributed by atoms with Gasteiger partial charge in [0.25, 0.3) is 0 Å². The molecule has 0 radical (unpaired) electrons. The Hall–Kier alpha value is -1.96. The molecule has 0 bridgehead atoms. The SMILES string of the molecule is CN=C(NCCc1c[nH]c2cccc(C)c12)NCCn1cccc1.I. The van der Waals surface area contributed by atoms with E-state index >= 15 is 0 Å². The lowest BCUT2D eigenvalue weighted by molar-refractivity contribution is 0.665. The molecular formula is C19H26IN5. The third-order valence-electron chi connectivity index (χ3n) is 4.23. The van der Waals surface area contributed by atoms with E-state index in [1.165, 1.54) is 22.0 Å². The van der Waals surface area contributed by atoms with Gasteiger partial charge in [-0.15, -0.1) is 24.0 Å². The average Bonchev–Trinajstić information content (AvgIpc) is 3.24. The minimum atomic E-state index is 0. The standard InChI is InChI=1S/C19H25N5.HI/c1-15-6-5-7-17-18(15)16(14-23-17)8-9-21-19(20-2)22-10-13-24-11-3-4-12-24;/h3-7,11-12,14,23H,8-10,13H2,1-2H3,(H2,20,21,22);1H. The molecule has 0 atom stereocenters. The Labute approximate surface area is 165 Å². The monoisotopic (exact) mass is 451 g/mol. The molecule has 25 heavy (non-hydrogen) atoms. The molecule has 0 aliphatic heterocycles. The quantitative estimate of drug-likeness (QED) is 0.306. The van der Waals surface area contributed by atoms with Gasteiger partial charge < -0.3 is 20.2 Å². The van der Waals surface area contributed by atoms with E-state index in [0.717, 1.165) is 32.0 Å². The number of aliphatic imine (C=N–C) groups is 1. The first-order valence-corrected chi connectivity index (χ1v) is 8.39. The Morgan fingerprint density at radius 2 is 1.88 bits per heavy atom. The van der Waals surface area contributed by atoms with Crippen LogP contribution in [0.1, 0.15) is 11.1 Å². The van der Waals surface area contributed by atoms with Crippen molar-refractivity contribution in [3.8, 4) is 0 Å². The highest BCUT2D eigenvalue weighted by molar-refractivity contribution is 14.0. The van der Waals surface area contributed by atoms with Crippen molar-refractivity contribution in [3.63, 3.8) is 0 Å². The molecule has 0 amide bonds. The number of benzene rings is 1. The van der Waals surface area contributed by atoms with Crippen LogP contribution in [0.2, 0.25) is 0 Å². The summed E-state index contributed by atoms with van der Waals surface area (Å²) >= 11 is 0. The molecule has 0 saturated carbocycles. The number of halogens is 1. The summed E-state index contributed by atoms with van der Waals surface area (Å²) in [7, 11) is 1.81. The van der Waals surface area contributed by atoms with Gasteiger partial charge in [0, 0.05) is 56.2 Å². The van der Waals surface area contributed by atoms with Crippen LogP contribution in [0, 0.1) is 6.92 Å². The highest BCUT2D eigenvalue weighted by Gasteiger charge is 2.06. The minimum absolute atomic E-state index is 0. The number of rotatable bonds is 6. The van der Waals surface area contributed by atoms with E-state index in [0.29, 0.717) is 0 Å². The van der Waals surface area contributed by atoms with Crippen LogP contribution in [-0.2, 0) is 13.0 Å². The van der Waals surface area contributed by atoms with Crippen molar-refractivity contribution in [1.82, 2.24) is 20.2 Å². The maximum absolute atomic E-state index is 4.28. The number of aromatic nitrogens is 2. The van der Waals surface area contributed by atoms with Crippen LogP contribution in [0.3, 0.4) is 0 Å². The topological polar surface area (TPSA) is 57.1 Å². The third kappa shape index (κ3) is 5.01. The number of hydrogen-bond donors (Lipinski definition) is 3. The minimum Gasteiger partial charge on any atom is -0.361 e. The molecule has 0 fully saturated rings. The number of nitrogens with one attached hydrogen (secondary N) is 3. The van der Waals surface area contributed by atoms with Crippen LogP contribution in [0.4, 0.5) is 0 Å². The number of hydrogen-bond acceptors (Lipinski definition) is 1. The van der Waals surface area contributed by atoms with Crippen molar-refractivity contribution in [2.24, 2.45) is 4.99 Å².